The van der Waals surface area contributed by atoms with Crippen LogP contribution in [-0.4, -0.2) is 47.2 Å². The molecule has 0 aromatic heterocycles. The van der Waals surface area contributed by atoms with E-state index in [0.29, 0.717) is 0 Å². The van der Waals surface area contributed by atoms with Gasteiger partial charge in [-0.25, -0.2) is 4.39 Å². The minimum Gasteiger partial charge on any atom is -0.504 e. The molecule has 0 saturated carbocycles. The molecule has 0 bridgehead atoms. The third kappa shape index (κ3) is 2.49. The van der Waals surface area contributed by atoms with Gasteiger partial charge in [-0.05, 0) is 6.42 Å². The van der Waals surface area contributed by atoms with Crippen LogP contribution in [0.2, 0.25) is 0 Å². The Morgan fingerprint density at radius 2 is 2.30 bits per heavy atom. The van der Waals surface area contributed by atoms with Crippen LogP contribution in [0.15, 0.2) is 12.1 Å². The minimum atomic E-state index is -1.11. The van der Waals surface area contributed by atoms with Crippen LogP contribution in [0.1, 0.15) is 16.8 Å². The Hall–Kier alpha value is -2.38. The van der Waals surface area contributed by atoms with Gasteiger partial charge in [-0.1, -0.05) is 0 Å². The Kier molecular flexibility index (Phi) is 3.73. The zero-order valence-corrected chi connectivity index (χ0v) is 10.7. The van der Waals surface area contributed by atoms with Crippen molar-refractivity contribution in [2.45, 2.75) is 12.6 Å². The molecule has 0 aliphatic carbocycles. The third-order valence-electron chi connectivity index (χ3n) is 3.14. The standard InChI is InChI=1S/C12H13FN2O5/c1-20-11-4-8(9(15(18)19)5-10(11)16)12(17)14-3-2-7(13)6-14/h4-5,7,16H,2-3,6H2,1H3/t7-/m0/s1. The molecular formula is C12H13FN2O5. The molecule has 1 aliphatic heterocycles. The number of nitro benzene ring substituents is 1. The summed E-state index contributed by atoms with van der Waals surface area (Å²) in [4.78, 5) is 23.6. The summed E-state index contributed by atoms with van der Waals surface area (Å²) in [7, 11) is 1.27. The molecule has 1 saturated heterocycles. The number of aromatic hydroxyl groups is 1. The van der Waals surface area contributed by atoms with Crippen LogP contribution in [-0.2, 0) is 0 Å². The molecule has 0 radical (unpaired) electrons. The number of ether oxygens (including phenoxy) is 1. The Morgan fingerprint density at radius 3 is 2.80 bits per heavy atom. The number of hydrogen-bond donors (Lipinski definition) is 1. The highest BCUT2D eigenvalue weighted by atomic mass is 19.1. The van der Waals surface area contributed by atoms with E-state index >= 15 is 0 Å². The molecule has 1 aromatic carbocycles. The topological polar surface area (TPSA) is 92.9 Å². The summed E-state index contributed by atoms with van der Waals surface area (Å²) in [6.07, 6.45) is -0.897. The van der Waals surface area contributed by atoms with E-state index in [0.717, 1.165) is 12.1 Å². The summed E-state index contributed by atoms with van der Waals surface area (Å²) in [6, 6.07) is 1.95. The highest BCUT2D eigenvalue weighted by Crippen LogP contribution is 2.34. The predicted octanol–water partition coefficient (Wildman–Crippen LogP) is 1.49. The number of alkyl halides is 1. The van der Waals surface area contributed by atoms with E-state index in [4.69, 9.17) is 4.74 Å². The van der Waals surface area contributed by atoms with Gasteiger partial charge in [-0.15, -0.1) is 0 Å². The molecular weight excluding hydrogens is 271 g/mol. The first-order valence-corrected chi connectivity index (χ1v) is 5.92. The highest BCUT2D eigenvalue weighted by molar-refractivity contribution is 5.99. The van der Waals surface area contributed by atoms with Crippen molar-refractivity contribution in [1.29, 1.82) is 0 Å². The molecule has 1 aliphatic rings. The highest BCUT2D eigenvalue weighted by Gasteiger charge is 2.32. The quantitative estimate of drug-likeness (QED) is 0.670. The zero-order chi connectivity index (χ0) is 14.9. The van der Waals surface area contributed by atoms with E-state index in [1.54, 1.807) is 0 Å². The third-order valence-corrected chi connectivity index (χ3v) is 3.14. The summed E-state index contributed by atoms with van der Waals surface area (Å²) >= 11 is 0. The molecule has 108 valence electrons. The van der Waals surface area contributed by atoms with Crippen molar-refractivity contribution in [1.82, 2.24) is 4.90 Å². The second-order valence-corrected chi connectivity index (χ2v) is 4.44. The molecule has 7 nitrogen and oxygen atoms in total. The van der Waals surface area contributed by atoms with Crippen molar-refractivity contribution >= 4 is 11.6 Å². The maximum atomic E-state index is 13.1. The van der Waals surface area contributed by atoms with Crippen LogP contribution in [0, 0.1) is 10.1 Å². The number of nitrogens with zero attached hydrogens (tertiary/aromatic N) is 2. The van der Waals surface area contributed by atoms with E-state index in [2.05, 4.69) is 0 Å². The van der Waals surface area contributed by atoms with Gasteiger partial charge in [0, 0.05) is 12.6 Å². The van der Waals surface area contributed by atoms with Crippen molar-refractivity contribution in [2.24, 2.45) is 0 Å². The summed E-state index contributed by atoms with van der Waals surface area (Å²) in [5.41, 5.74) is -0.755. The number of halogens is 1. The average molecular weight is 284 g/mol. The number of methoxy groups -OCH3 is 1. The number of carbonyl (C=O) groups is 1. The van der Waals surface area contributed by atoms with E-state index in [1.807, 2.05) is 0 Å². The van der Waals surface area contributed by atoms with Crippen molar-refractivity contribution in [3.8, 4) is 11.5 Å². The van der Waals surface area contributed by atoms with Gasteiger partial charge in [-0.3, -0.25) is 14.9 Å². The van der Waals surface area contributed by atoms with Crippen LogP contribution in [0.4, 0.5) is 10.1 Å². The van der Waals surface area contributed by atoms with Crippen LogP contribution < -0.4 is 4.74 Å². The Labute approximate surface area is 113 Å². The van der Waals surface area contributed by atoms with Gasteiger partial charge in [0.15, 0.2) is 11.5 Å². The van der Waals surface area contributed by atoms with Crippen LogP contribution in [0.25, 0.3) is 0 Å². The molecule has 1 fully saturated rings. The van der Waals surface area contributed by atoms with Gasteiger partial charge in [0.05, 0.1) is 24.6 Å². The number of hydrogen-bond acceptors (Lipinski definition) is 5. The largest absolute Gasteiger partial charge is 0.504 e. The first-order chi connectivity index (χ1) is 9.43. The minimum absolute atomic E-state index is 0.0463. The molecule has 1 atom stereocenters. The predicted molar refractivity (Wildman–Crippen MR) is 66.7 cm³/mol. The number of amides is 1. The van der Waals surface area contributed by atoms with Gasteiger partial charge >= 0.3 is 0 Å². The van der Waals surface area contributed by atoms with Crippen LogP contribution in [0.3, 0.4) is 0 Å². The van der Waals surface area contributed by atoms with Crippen molar-refractivity contribution in [3.63, 3.8) is 0 Å². The van der Waals surface area contributed by atoms with Crippen LogP contribution >= 0.6 is 0 Å². The maximum Gasteiger partial charge on any atom is 0.286 e. The molecule has 1 aromatic rings. The van der Waals surface area contributed by atoms with E-state index in [-0.39, 0.29) is 30.8 Å². The molecule has 1 heterocycles. The Balaban J connectivity index is 2.43. The SMILES string of the molecule is COc1cc(C(=O)N2CC[C@H](F)C2)c([N+](=O)[O-])cc1O. The number of phenolic OH excluding ortho intramolecular Hbond substituents is 1. The summed E-state index contributed by atoms with van der Waals surface area (Å²) in [6.45, 7) is 0.125. The maximum absolute atomic E-state index is 13.1. The summed E-state index contributed by atoms with van der Waals surface area (Å²) < 4.78 is 18.0. The number of likely N-dealkylation sites (tertiary alicyclic amines) is 1. The van der Waals surface area contributed by atoms with Gasteiger partial charge in [0.1, 0.15) is 11.7 Å². The van der Waals surface area contributed by atoms with Gasteiger partial charge in [0.2, 0.25) is 0 Å². The number of benzene rings is 1. The van der Waals surface area contributed by atoms with Crippen molar-refractivity contribution in [3.05, 3.63) is 27.8 Å². The molecule has 0 spiro atoms. The smallest absolute Gasteiger partial charge is 0.286 e. The van der Waals surface area contributed by atoms with Gasteiger partial charge in [-0.2, -0.15) is 0 Å². The monoisotopic (exact) mass is 284 g/mol. The fourth-order valence-corrected chi connectivity index (χ4v) is 2.12. The van der Waals surface area contributed by atoms with E-state index in [1.165, 1.54) is 12.0 Å². The Morgan fingerprint density at radius 1 is 1.60 bits per heavy atom. The molecule has 8 heteroatoms. The number of phenols is 1. The molecule has 20 heavy (non-hydrogen) atoms. The fourth-order valence-electron chi connectivity index (χ4n) is 2.12. The lowest BCUT2D eigenvalue weighted by molar-refractivity contribution is -0.385. The zero-order valence-electron chi connectivity index (χ0n) is 10.7. The molecule has 2 rings (SSSR count). The van der Waals surface area contributed by atoms with E-state index in [9.17, 15) is 24.4 Å². The number of carbonyl (C=O) groups excluding carboxylic acids is 1. The van der Waals surface area contributed by atoms with Crippen molar-refractivity contribution < 1.29 is 24.0 Å². The molecule has 0 unspecified atom stereocenters. The van der Waals surface area contributed by atoms with Crippen molar-refractivity contribution in [2.75, 3.05) is 20.2 Å². The lowest BCUT2D eigenvalue weighted by Gasteiger charge is -2.16. The summed E-state index contributed by atoms with van der Waals surface area (Å²) in [5, 5.41) is 20.5. The van der Waals surface area contributed by atoms with Crippen LogP contribution in [0.5, 0.6) is 11.5 Å². The van der Waals surface area contributed by atoms with E-state index < -0.39 is 28.4 Å². The molecule has 1 amide bonds. The average Bonchev–Trinajstić information content (AvgIpc) is 2.84. The normalized spacial score (nSPS) is 18.1. The number of rotatable bonds is 3. The second-order valence-electron chi connectivity index (χ2n) is 4.44. The lowest BCUT2D eigenvalue weighted by Crippen LogP contribution is -2.29. The summed E-state index contributed by atoms with van der Waals surface area (Å²) in [5.74, 6) is -1.12. The van der Waals surface area contributed by atoms with Gasteiger partial charge in [0.25, 0.3) is 11.6 Å². The number of nitro groups is 1. The first kappa shape index (κ1) is 14.0. The second kappa shape index (κ2) is 5.32. The fraction of sp³-hybridized carbons (Fsp3) is 0.417. The van der Waals surface area contributed by atoms with Gasteiger partial charge < -0.3 is 14.7 Å². The molecule has 1 N–H and O–H groups in total. The first-order valence-electron chi connectivity index (χ1n) is 5.92. The lowest BCUT2D eigenvalue weighted by atomic mass is 10.1. The Bertz CT molecular complexity index is 563.